The van der Waals surface area contributed by atoms with Crippen molar-refractivity contribution in [1.29, 1.82) is 0 Å². The third kappa shape index (κ3) is 3.37. The summed E-state index contributed by atoms with van der Waals surface area (Å²) in [5.41, 5.74) is 0. The van der Waals surface area contributed by atoms with Crippen LogP contribution in [-0.2, 0) is 4.74 Å². The summed E-state index contributed by atoms with van der Waals surface area (Å²) in [6.45, 7) is 8.98. The van der Waals surface area contributed by atoms with Crippen molar-refractivity contribution >= 4 is 0 Å². The van der Waals surface area contributed by atoms with E-state index in [1.165, 1.54) is 6.26 Å². The van der Waals surface area contributed by atoms with Crippen LogP contribution in [0.4, 0.5) is 0 Å². The van der Waals surface area contributed by atoms with Crippen LogP contribution < -0.4 is 0 Å². The van der Waals surface area contributed by atoms with Gasteiger partial charge in [-0.25, -0.2) is 0 Å². The molecule has 0 aromatic carbocycles. The van der Waals surface area contributed by atoms with Crippen LogP contribution in [0.1, 0.15) is 13.3 Å². The average molecular weight is 99.2 g/mol. The van der Waals surface area contributed by atoms with Crippen LogP contribution in [0, 0.1) is 6.92 Å². The van der Waals surface area contributed by atoms with Gasteiger partial charge in [-0.3, -0.25) is 0 Å². The van der Waals surface area contributed by atoms with E-state index in [9.17, 15) is 0 Å². The molecule has 0 rings (SSSR count). The molecular weight excluding hydrogens is 88.1 g/mol. The quantitative estimate of drug-likeness (QED) is 0.490. The molecule has 41 valence electrons. The maximum atomic E-state index is 4.89. The normalized spacial score (nSPS) is 12.9. The fourth-order valence-electron chi connectivity index (χ4n) is 0.232. The second kappa shape index (κ2) is 3.72. The van der Waals surface area contributed by atoms with Crippen LogP contribution in [-0.4, -0.2) is 6.10 Å². The van der Waals surface area contributed by atoms with E-state index in [4.69, 9.17) is 4.74 Å². The molecule has 1 nitrogen and oxygen atoms in total. The van der Waals surface area contributed by atoms with E-state index >= 15 is 0 Å². The molecule has 0 aromatic heterocycles. The average Bonchev–Trinajstić information content (AvgIpc) is 1.68. The van der Waals surface area contributed by atoms with Crippen molar-refractivity contribution in [3.63, 3.8) is 0 Å². The van der Waals surface area contributed by atoms with Gasteiger partial charge in [-0.1, -0.05) is 6.58 Å². The lowest BCUT2D eigenvalue weighted by Gasteiger charge is -2.04. The second-order valence-electron chi connectivity index (χ2n) is 1.40. The van der Waals surface area contributed by atoms with Crippen LogP contribution in [0.2, 0.25) is 0 Å². The summed E-state index contributed by atoms with van der Waals surface area (Å²) >= 11 is 0. The highest BCUT2D eigenvalue weighted by Gasteiger charge is 1.90. The van der Waals surface area contributed by atoms with Gasteiger partial charge in [-0.05, 0) is 20.3 Å². The summed E-state index contributed by atoms with van der Waals surface area (Å²) in [6, 6.07) is 0. The predicted molar refractivity (Wildman–Crippen MR) is 30.7 cm³/mol. The number of rotatable bonds is 3. The lowest BCUT2D eigenvalue weighted by Crippen LogP contribution is -1.99. The molecule has 1 radical (unpaired) electrons. The first-order valence-corrected chi connectivity index (χ1v) is 2.37. The van der Waals surface area contributed by atoms with Gasteiger partial charge in [0, 0.05) is 0 Å². The molecule has 1 atom stereocenters. The van der Waals surface area contributed by atoms with Gasteiger partial charge in [0.15, 0.2) is 0 Å². The van der Waals surface area contributed by atoms with E-state index in [1.54, 1.807) is 0 Å². The molecule has 0 N–H and O–H groups in total. The van der Waals surface area contributed by atoms with E-state index < -0.39 is 0 Å². The van der Waals surface area contributed by atoms with Crippen molar-refractivity contribution < 1.29 is 4.74 Å². The van der Waals surface area contributed by atoms with E-state index in [0.717, 1.165) is 6.42 Å². The first kappa shape index (κ1) is 6.54. The van der Waals surface area contributed by atoms with E-state index in [2.05, 4.69) is 13.5 Å². The van der Waals surface area contributed by atoms with Crippen molar-refractivity contribution in [3.05, 3.63) is 19.8 Å². The Kier molecular flexibility index (Phi) is 3.48. The molecule has 1 unspecified atom stereocenters. The molecule has 0 amide bonds. The number of hydrogen-bond acceptors (Lipinski definition) is 1. The molecule has 0 fully saturated rings. The first-order chi connectivity index (χ1) is 3.31. The summed E-state index contributed by atoms with van der Waals surface area (Å²) in [5, 5.41) is 0. The summed E-state index contributed by atoms with van der Waals surface area (Å²) in [4.78, 5) is 0. The van der Waals surface area contributed by atoms with Crippen molar-refractivity contribution in [2.75, 3.05) is 0 Å². The Labute approximate surface area is 45.0 Å². The largest absolute Gasteiger partial charge is 0.499 e. The highest BCUT2D eigenvalue weighted by molar-refractivity contribution is 4.57. The Hall–Kier alpha value is -0.460. The third-order valence-corrected chi connectivity index (χ3v) is 0.735. The minimum Gasteiger partial charge on any atom is -0.499 e. The fraction of sp³-hybridized carbons (Fsp3) is 0.500. The fourth-order valence-corrected chi connectivity index (χ4v) is 0.232. The molecule has 0 bridgehead atoms. The van der Waals surface area contributed by atoms with E-state index in [1.807, 2.05) is 6.92 Å². The SMILES string of the molecule is [CH2]CC(C)OC=C. The molecule has 0 aliphatic heterocycles. The number of hydrogen-bond donors (Lipinski definition) is 0. The van der Waals surface area contributed by atoms with Crippen molar-refractivity contribution in [1.82, 2.24) is 0 Å². The standard InChI is InChI=1S/C6H11O/c1-4-6(3)7-5-2/h5-6H,1-2,4H2,3H3. The summed E-state index contributed by atoms with van der Waals surface area (Å²) in [7, 11) is 0. The summed E-state index contributed by atoms with van der Waals surface area (Å²) in [6.07, 6.45) is 2.46. The summed E-state index contributed by atoms with van der Waals surface area (Å²) in [5.74, 6) is 0. The van der Waals surface area contributed by atoms with Crippen LogP contribution in [0.25, 0.3) is 0 Å². The molecule has 0 aliphatic rings. The van der Waals surface area contributed by atoms with Crippen molar-refractivity contribution in [3.8, 4) is 0 Å². The Balaban J connectivity index is 2.98. The van der Waals surface area contributed by atoms with Gasteiger partial charge in [-0.2, -0.15) is 0 Å². The Morgan fingerprint density at radius 3 is 2.57 bits per heavy atom. The monoisotopic (exact) mass is 99.1 g/mol. The molecule has 0 saturated heterocycles. The van der Waals surface area contributed by atoms with Gasteiger partial charge in [0.25, 0.3) is 0 Å². The Morgan fingerprint density at radius 1 is 1.86 bits per heavy atom. The second-order valence-corrected chi connectivity index (χ2v) is 1.40. The zero-order valence-electron chi connectivity index (χ0n) is 4.68. The molecule has 0 heterocycles. The summed E-state index contributed by atoms with van der Waals surface area (Å²) < 4.78 is 4.89. The lowest BCUT2D eigenvalue weighted by atomic mass is 10.3. The maximum absolute atomic E-state index is 4.89. The van der Waals surface area contributed by atoms with E-state index in [-0.39, 0.29) is 6.10 Å². The van der Waals surface area contributed by atoms with Gasteiger partial charge < -0.3 is 4.74 Å². The third-order valence-electron chi connectivity index (χ3n) is 0.735. The van der Waals surface area contributed by atoms with E-state index in [0.29, 0.717) is 0 Å². The smallest absolute Gasteiger partial charge is 0.0950 e. The Morgan fingerprint density at radius 2 is 2.43 bits per heavy atom. The van der Waals surface area contributed by atoms with Crippen molar-refractivity contribution in [2.45, 2.75) is 19.4 Å². The highest BCUT2D eigenvalue weighted by atomic mass is 16.5. The Bertz CT molecular complexity index is 50.1. The van der Waals surface area contributed by atoms with Gasteiger partial charge in [0.2, 0.25) is 0 Å². The zero-order valence-corrected chi connectivity index (χ0v) is 4.68. The molecule has 0 saturated carbocycles. The maximum Gasteiger partial charge on any atom is 0.0950 e. The van der Waals surface area contributed by atoms with Gasteiger partial charge in [0.05, 0.1) is 12.4 Å². The predicted octanol–water partition coefficient (Wildman–Crippen LogP) is 1.76. The lowest BCUT2D eigenvalue weighted by molar-refractivity contribution is 0.165. The molecule has 0 aliphatic carbocycles. The topological polar surface area (TPSA) is 9.23 Å². The number of ether oxygens (including phenoxy) is 1. The minimum absolute atomic E-state index is 0.220. The van der Waals surface area contributed by atoms with Crippen LogP contribution in [0.3, 0.4) is 0 Å². The molecule has 7 heavy (non-hydrogen) atoms. The molecular formula is C6H11O. The van der Waals surface area contributed by atoms with Crippen LogP contribution in [0.5, 0.6) is 0 Å². The highest BCUT2D eigenvalue weighted by Crippen LogP contribution is 1.93. The molecule has 0 aromatic rings. The van der Waals surface area contributed by atoms with Crippen LogP contribution >= 0.6 is 0 Å². The molecule has 0 spiro atoms. The van der Waals surface area contributed by atoms with Gasteiger partial charge in [-0.15, -0.1) is 0 Å². The zero-order chi connectivity index (χ0) is 5.70. The van der Waals surface area contributed by atoms with Gasteiger partial charge >= 0.3 is 0 Å². The van der Waals surface area contributed by atoms with Gasteiger partial charge in [0.1, 0.15) is 0 Å². The van der Waals surface area contributed by atoms with Crippen LogP contribution in [0.15, 0.2) is 12.8 Å². The first-order valence-electron chi connectivity index (χ1n) is 2.37. The van der Waals surface area contributed by atoms with Crippen molar-refractivity contribution in [2.24, 2.45) is 0 Å². The molecule has 1 heteroatoms. The minimum atomic E-state index is 0.220.